The summed E-state index contributed by atoms with van der Waals surface area (Å²) in [5.74, 6) is -0.252. The van der Waals surface area contributed by atoms with Gasteiger partial charge in [0.15, 0.2) is 0 Å². The third kappa shape index (κ3) is 3.05. The smallest absolute Gasteiger partial charge is 0.355 e. The molecular formula is C16H19NO2. The van der Waals surface area contributed by atoms with Crippen LogP contribution in [0.2, 0.25) is 0 Å². The summed E-state index contributed by atoms with van der Waals surface area (Å²) in [5.41, 5.74) is 4.00. The highest BCUT2D eigenvalue weighted by Gasteiger charge is 2.15. The average Bonchev–Trinajstić information content (AvgIpc) is 2.71. The number of ether oxygens (including phenoxy) is 1. The summed E-state index contributed by atoms with van der Waals surface area (Å²) < 4.78 is 7.06. The number of aromatic nitrogens is 1. The van der Waals surface area contributed by atoms with Gasteiger partial charge in [-0.25, -0.2) is 4.79 Å². The molecule has 0 fully saturated rings. The van der Waals surface area contributed by atoms with Crippen molar-refractivity contribution in [2.45, 2.75) is 27.3 Å². The van der Waals surface area contributed by atoms with Crippen LogP contribution in [0.5, 0.6) is 0 Å². The van der Waals surface area contributed by atoms with Crippen molar-refractivity contribution >= 4 is 5.97 Å². The van der Waals surface area contributed by atoms with Crippen LogP contribution in [0.3, 0.4) is 0 Å². The molecule has 0 aliphatic heterocycles. The molecule has 3 nitrogen and oxygen atoms in total. The van der Waals surface area contributed by atoms with Crippen LogP contribution in [-0.2, 0) is 11.3 Å². The molecule has 0 aliphatic carbocycles. The van der Waals surface area contributed by atoms with Gasteiger partial charge in [-0.05, 0) is 38.0 Å². The number of hydrogen-bond donors (Lipinski definition) is 0. The lowest BCUT2D eigenvalue weighted by molar-refractivity contribution is 0.0513. The SMILES string of the molecule is CCOC(=O)c1c(C)ccn1Cc1cccc(C)c1. The van der Waals surface area contributed by atoms with Crippen molar-refractivity contribution in [2.75, 3.05) is 6.61 Å². The van der Waals surface area contributed by atoms with E-state index in [0.717, 1.165) is 5.56 Å². The molecular weight excluding hydrogens is 238 g/mol. The second kappa shape index (κ2) is 5.74. The van der Waals surface area contributed by atoms with Gasteiger partial charge in [0.25, 0.3) is 0 Å². The molecule has 3 heteroatoms. The Morgan fingerprint density at radius 1 is 1.26 bits per heavy atom. The fraction of sp³-hybridized carbons (Fsp3) is 0.312. The highest BCUT2D eigenvalue weighted by molar-refractivity contribution is 5.89. The third-order valence-corrected chi connectivity index (χ3v) is 3.07. The Morgan fingerprint density at radius 2 is 2.05 bits per heavy atom. The van der Waals surface area contributed by atoms with Crippen LogP contribution in [0.15, 0.2) is 36.5 Å². The monoisotopic (exact) mass is 257 g/mol. The topological polar surface area (TPSA) is 31.2 Å². The first-order chi connectivity index (χ1) is 9.11. The van der Waals surface area contributed by atoms with Gasteiger partial charge in [-0.15, -0.1) is 0 Å². The Balaban J connectivity index is 2.28. The van der Waals surface area contributed by atoms with Gasteiger partial charge in [0, 0.05) is 12.7 Å². The van der Waals surface area contributed by atoms with Crippen molar-refractivity contribution in [3.8, 4) is 0 Å². The zero-order valence-corrected chi connectivity index (χ0v) is 11.6. The maximum absolute atomic E-state index is 12.0. The Labute approximate surface area is 113 Å². The molecule has 0 bridgehead atoms. The quantitative estimate of drug-likeness (QED) is 0.787. The normalized spacial score (nSPS) is 10.5. The molecule has 0 aliphatic rings. The van der Waals surface area contributed by atoms with E-state index in [1.807, 2.05) is 36.7 Å². The van der Waals surface area contributed by atoms with Crippen molar-refractivity contribution in [2.24, 2.45) is 0 Å². The zero-order valence-electron chi connectivity index (χ0n) is 11.6. The molecule has 0 saturated heterocycles. The predicted octanol–water partition coefficient (Wildman–Crippen LogP) is 3.33. The molecule has 0 atom stereocenters. The van der Waals surface area contributed by atoms with Crippen LogP contribution in [-0.4, -0.2) is 17.1 Å². The molecule has 0 unspecified atom stereocenters. The molecule has 100 valence electrons. The van der Waals surface area contributed by atoms with E-state index in [-0.39, 0.29) is 5.97 Å². The minimum atomic E-state index is -0.252. The second-order valence-electron chi connectivity index (χ2n) is 4.68. The molecule has 1 aromatic carbocycles. The van der Waals surface area contributed by atoms with E-state index in [1.54, 1.807) is 0 Å². The molecule has 0 N–H and O–H groups in total. The first kappa shape index (κ1) is 13.4. The van der Waals surface area contributed by atoms with Crippen LogP contribution < -0.4 is 0 Å². The molecule has 0 spiro atoms. The van der Waals surface area contributed by atoms with Gasteiger partial charge in [-0.3, -0.25) is 0 Å². The number of carbonyl (C=O) groups excluding carboxylic acids is 1. The van der Waals surface area contributed by atoms with Crippen LogP contribution in [0.1, 0.15) is 34.1 Å². The third-order valence-electron chi connectivity index (χ3n) is 3.07. The van der Waals surface area contributed by atoms with Gasteiger partial charge in [-0.1, -0.05) is 29.8 Å². The molecule has 0 radical (unpaired) electrons. The van der Waals surface area contributed by atoms with Crippen molar-refractivity contribution < 1.29 is 9.53 Å². The van der Waals surface area contributed by atoms with E-state index in [1.165, 1.54) is 11.1 Å². The Kier molecular flexibility index (Phi) is 4.05. The number of benzene rings is 1. The van der Waals surface area contributed by atoms with E-state index < -0.39 is 0 Å². The molecule has 2 rings (SSSR count). The van der Waals surface area contributed by atoms with Crippen molar-refractivity contribution in [3.63, 3.8) is 0 Å². The largest absolute Gasteiger partial charge is 0.461 e. The van der Waals surface area contributed by atoms with E-state index in [2.05, 4.69) is 25.1 Å². The van der Waals surface area contributed by atoms with Crippen LogP contribution in [0, 0.1) is 13.8 Å². The van der Waals surface area contributed by atoms with Crippen LogP contribution in [0.4, 0.5) is 0 Å². The molecule has 2 aromatic rings. The van der Waals surface area contributed by atoms with E-state index in [4.69, 9.17) is 4.74 Å². The number of rotatable bonds is 4. The minimum absolute atomic E-state index is 0.252. The van der Waals surface area contributed by atoms with Crippen LogP contribution in [0.25, 0.3) is 0 Å². The summed E-state index contributed by atoms with van der Waals surface area (Å²) in [7, 11) is 0. The van der Waals surface area contributed by atoms with Gasteiger partial charge in [-0.2, -0.15) is 0 Å². The van der Waals surface area contributed by atoms with Crippen molar-refractivity contribution in [1.82, 2.24) is 4.57 Å². The highest BCUT2D eigenvalue weighted by atomic mass is 16.5. The summed E-state index contributed by atoms with van der Waals surface area (Å²) in [6.07, 6.45) is 1.93. The van der Waals surface area contributed by atoms with Gasteiger partial charge in [0.1, 0.15) is 5.69 Å². The second-order valence-corrected chi connectivity index (χ2v) is 4.68. The summed E-state index contributed by atoms with van der Waals surface area (Å²) in [4.78, 5) is 12.0. The minimum Gasteiger partial charge on any atom is -0.461 e. The van der Waals surface area contributed by atoms with Crippen LogP contribution >= 0.6 is 0 Å². The first-order valence-electron chi connectivity index (χ1n) is 6.50. The van der Waals surface area contributed by atoms with Crippen molar-refractivity contribution in [1.29, 1.82) is 0 Å². The molecule has 1 aromatic heterocycles. The number of carbonyl (C=O) groups is 1. The van der Waals surface area contributed by atoms with Gasteiger partial charge >= 0.3 is 5.97 Å². The predicted molar refractivity (Wildman–Crippen MR) is 75.4 cm³/mol. The summed E-state index contributed by atoms with van der Waals surface area (Å²) in [6, 6.07) is 10.2. The van der Waals surface area contributed by atoms with E-state index in [9.17, 15) is 4.79 Å². The number of nitrogens with zero attached hydrogens (tertiary/aromatic N) is 1. The van der Waals surface area contributed by atoms with Gasteiger partial charge < -0.3 is 9.30 Å². The molecule has 19 heavy (non-hydrogen) atoms. The standard InChI is InChI=1S/C16H19NO2/c1-4-19-16(18)15-13(3)8-9-17(15)11-14-7-5-6-12(2)10-14/h5-10H,4,11H2,1-3H3. The summed E-state index contributed by atoms with van der Waals surface area (Å²) in [6.45, 7) is 6.90. The fourth-order valence-corrected chi connectivity index (χ4v) is 2.20. The Morgan fingerprint density at radius 3 is 2.74 bits per heavy atom. The van der Waals surface area contributed by atoms with Gasteiger partial charge in [0.05, 0.1) is 6.61 Å². The average molecular weight is 257 g/mol. The fourth-order valence-electron chi connectivity index (χ4n) is 2.20. The highest BCUT2D eigenvalue weighted by Crippen LogP contribution is 2.15. The van der Waals surface area contributed by atoms with E-state index in [0.29, 0.717) is 18.8 Å². The van der Waals surface area contributed by atoms with Crippen molar-refractivity contribution in [3.05, 3.63) is 58.9 Å². The Hall–Kier alpha value is -2.03. The zero-order chi connectivity index (χ0) is 13.8. The molecule has 0 saturated carbocycles. The number of hydrogen-bond acceptors (Lipinski definition) is 2. The molecule has 0 amide bonds. The van der Waals surface area contributed by atoms with Gasteiger partial charge in [0.2, 0.25) is 0 Å². The maximum Gasteiger partial charge on any atom is 0.355 e. The van der Waals surface area contributed by atoms with E-state index >= 15 is 0 Å². The maximum atomic E-state index is 12.0. The number of esters is 1. The lowest BCUT2D eigenvalue weighted by atomic mass is 10.1. The summed E-state index contributed by atoms with van der Waals surface area (Å²) >= 11 is 0. The number of aryl methyl sites for hydroxylation is 2. The first-order valence-corrected chi connectivity index (χ1v) is 6.50. The Bertz CT molecular complexity index is 584. The lowest BCUT2D eigenvalue weighted by Gasteiger charge is -2.10. The molecule has 1 heterocycles. The lowest BCUT2D eigenvalue weighted by Crippen LogP contribution is -2.13. The summed E-state index contributed by atoms with van der Waals surface area (Å²) in [5, 5.41) is 0.